The molecule has 0 N–H and O–H groups in total. The largest absolute Gasteiger partial charge is 0.0879 e. The van der Waals surface area contributed by atoms with Crippen molar-refractivity contribution in [2.24, 2.45) is 22.7 Å². The molecule has 1 spiro atoms. The van der Waals surface area contributed by atoms with Crippen LogP contribution in [0.1, 0.15) is 44.9 Å². The first-order valence-corrected chi connectivity index (χ1v) is 6.05. The highest BCUT2D eigenvalue weighted by atomic mass is 14.8. The minimum absolute atomic E-state index is 0.745. The molecule has 4 aliphatic carbocycles. The van der Waals surface area contributed by atoms with Gasteiger partial charge in [-0.2, -0.15) is 0 Å². The van der Waals surface area contributed by atoms with Crippen LogP contribution in [0.2, 0.25) is 0 Å². The molecule has 0 aromatic carbocycles. The number of rotatable bonds is 2. The molecule has 0 radical (unpaired) electrons. The highest BCUT2D eigenvalue weighted by Crippen LogP contribution is 2.83. The number of allylic oxidation sites excluding steroid dienone is 2. The van der Waals surface area contributed by atoms with Gasteiger partial charge in [-0.3, -0.25) is 0 Å². The first-order chi connectivity index (χ1) is 6.37. The summed E-state index contributed by atoms with van der Waals surface area (Å²) in [7, 11) is 0. The minimum atomic E-state index is 0.745. The lowest BCUT2D eigenvalue weighted by Gasteiger charge is -2.20. The topological polar surface area (TPSA) is 0 Å². The van der Waals surface area contributed by atoms with Crippen molar-refractivity contribution in [3.63, 3.8) is 0 Å². The van der Waals surface area contributed by atoms with Crippen molar-refractivity contribution >= 4 is 0 Å². The molecule has 0 nitrogen and oxygen atoms in total. The molecule has 0 aromatic heterocycles. The summed E-state index contributed by atoms with van der Waals surface area (Å²) in [5.74, 6) is 2.31. The molecule has 0 heterocycles. The second-order valence-corrected chi connectivity index (χ2v) is 5.86. The van der Waals surface area contributed by atoms with E-state index in [1.165, 1.54) is 12.8 Å². The first-order valence-electron chi connectivity index (χ1n) is 6.05. The van der Waals surface area contributed by atoms with Crippen molar-refractivity contribution < 1.29 is 0 Å². The Morgan fingerprint density at radius 1 is 1.00 bits per heavy atom. The van der Waals surface area contributed by atoms with Crippen LogP contribution in [0, 0.1) is 22.7 Å². The van der Waals surface area contributed by atoms with E-state index < -0.39 is 0 Å². The molecule has 3 saturated carbocycles. The van der Waals surface area contributed by atoms with E-state index in [0.717, 1.165) is 22.7 Å². The molecule has 0 saturated heterocycles. The Morgan fingerprint density at radius 3 is 2.15 bits per heavy atom. The van der Waals surface area contributed by atoms with Gasteiger partial charge in [0.2, 0.25) is 0 Å². The Hall–Kier alpha value is -0.260. The van der Waals surface area contributed by atoms with Crippen molar-refractivity contribution in [1.82, 2.24) is 0 Å². The quantitative estimate of drug-likeness (QED) is 0.562. The zero-order valence-corrected chi connectivity index (χ0v) is 8.26. The molecular weight excluding hydrogens is 156 g/mol. The van der Waals surface area contributed by atoms with Crippen molar-refractivity contribution in [2.75, 3.05) is 0 Å². The smallest absolute Gasteiger partial charge is 0.00475 e. The van der Waals surface area contributed by atoms with Crippen molar-refractivity contribution in [2.45, 2.75) is 44.9 Å². The van der Waals surface area contributed by atoms with Crippen LogP contribution in [0.5, 0.6) is 0 Å². The van der Waals surface area contributed by atoms with E-state index in [2.05, 4.69) is 12.2 Å². The predicted molar refractivity (Wildman–Crippen MR) is 53.3 cm³/mol. The summed E-state index contributed by atoms with van der Waals surface area (Å²) in [6.07, 6.45) is 15.7. The maximum absolute atomic E-state index is 2.60. The summed E-state index contributed by atoms with van der Waals surface area (Å²) in [6.45, 7) is 0. The van der Waals surface area contributed by atoms with Gasteiger partial charge in [-0.1, -0.05) is 12.2 Å². The highest BCUT2D eigenvalue weighted by molar-refractivity contribution is 5.32. The Labute approximate surface area is 80.4 Å². The first kappa shape index (κ1) is 7.09. The van der Waals surface area contributed by atoms with Crippen LogP contribution in [-0.2, 0) is 0 Å². The lowest BCUT2D eigenvalue weighted by atomic mass is 9.83. The molecule has 1 unspecified atom stereocenters. The second-order valence-electron chi connectivity index (χ2n) is 5.86. The van der Waals surface area contributed by atoms with Gasteiger partial charge in [0.05, 0.1) is 0 Å². The lowest BCUT2D eigenvalue weighted by molar-refractivity contribution is 0.293. The van der Waals surface area contributed by atoms with Crippen molar-refractivity contribution in [1.29, 1.82) is 0 Å². The summed E-state index contributed by atoms with van der Waals surface area (Å²) in [5.41, 5.74) is 1.61. The summed E-state index contributed by atoms with van der Waals surface area (Å²) in [5, 5.41) is 0. The molecule has 70 valence electrons. The molecule has 0 amide bonds. The van der Waals surface area contributed by atoms with E-state index in [9.17, 15) is 0 Å². The van der Waals surface area contributed by atoms with Gasteiger partial charge in [0, 0.05) is 0 Å². The average Bonchev–Trinajstić information content (AvgIpc) is 2.88. The Bertz CT molecular complexity index is 268. The summed E-state index contributed by atoms with van der Waals surface area (Å²) >= 11 is 0. The maximum atomic E-state index is 2.60. The van der Waals surface area contributed by atoms with E-state index >= 15 is 0 Å². The van der Waals surface area contributed by atoms with Crippen LogP contribution in [0.15, 0.2) is 12.2 Å². The van der Waals surface area contributed by atoms with Crippen molar-refractivity contribution in [3.8, 4) is 0 Å². The monoisotopic (exact) mass is 174 g/mol. The predicted octanol–water partition coefficient (Wildman–Crippen LogP) is 3.53. The molecule has 13 heavy (non-hydrogen) atoms. The molecule has 0 heteroatoms. The van der Waals surface area contributed by atoms with E-state index in [1.807, 2.05) is 0 Å². The van der Waals surface area contributed by atoms with E-state index in [0.29, 0.717) is 0 Å². The fourth-order valence-electron chi connectivity index (χ4n) is 4.38. The number of hydrogen-bond donors (Lipinski definition) is 0. The van der Waals surface area contributed by atoms with Crippen LogP contribution in [0.4, 0.5) is 0 Å². The van der Waals surface area contributed by atoms with Crippen LogP contribution >= 0.6 is 0 Å². The molecule has 0 bridgehead atoms. The Morgan fingerprint density at radius 2 is 1.69 bits per heavy atom. The molecule has 0 aliphatic heterocycles. The minimum Gasteiger partial charge on any atom is -0.0879 e. The van der Waals surface area contributed by atoms with Gasteiger partial charge >= 0.3 is 0 Å². The third kappa shape index (κ3) is 0.705. The molecule has 4 aliphatic rings. The Balaban J connectivity index is 1.72. The normalized spacial score (nSPS) is 45.8. The van der Waals surface area contributed by atoms with Crippen LogP contribution in [-0.4, -0.2) is 0 Å². The van der Waals surface area contributed by atoms with Gasteiger partial charge < -0.3 is 0 Å². The van der Waals surface area contributed by atoms with E-state index in [4.69, 9.17) is 0 Å². The second kappa shape index (κ2) is 1.89. The SMILES string of the molecule is C1=CC2(CC1)CC2(C1CC1)C1CC1. The molecule has 3 fully saturated rings. The zero-order valence-electron chi connectivity index (χ0n) is 8.26. The third-order valence-electron chi connectivity index (χ3n) is 5.22. The summed E-state index contributed by atoms with van der Waals surface area (Å²) in [6, 6.07) is 0. The van der Waals surface area contributed by atoms with Gasteiger partial charge in [-0.25, -0.2) is 0 Å². The molecule has 0 aromatic rings. The van der Waals surface area contributed by atoms with Crippen molar-refractivity contribution in [3.05, 3.63) is 12.2 Å². The zero-order chi connectivity index (χ0) is 8.52. The van der Waals surface area contributed by atoms with Gasteiger partial charge in [-0.05, 0) is 67.6 Å². The fourth-order valence-corrected chi connectivity index (χ4v) is 4.38. The highest BCUT2D eigenvalue weighted by Gasteiger charge is 2.75. The summed E-state index contributed by atoms with van der Waals surface area (Å²) < 4.78 is 0. The van der Waals surface area contributed by atoms with Gasteiger partial charge in [-0.15, -0.1) is 0 Å². The molecule has 4 rings (SSSR count). The van der Waals surface area contributed by atoms with Crippen LogP contribution in [0.25, 0.3) is 0 Å². The van der Waals surface area contributed by atoms with Gasteiger partial charge in [0.25, 0.3) is 0 Å². The summed E-state index contributed by atoms with van der Waals surface area (Å²) in [4.78, 5) is 0. The average molecular weight is 174 g/mol. The third-order valence-corrected chi connectivity index (χ3v) is 5.22. The van der Waals surface area contributed by atoms with E-state index in [1.54, 1.807) is 32.1 Å². The lowest BCUT2D eigenvalue weighted by Crippen LogP contribution is -2.15. The van der Waals surface area contributed by atoms with Gasteiger partial charge in [0.1, 0.15) is 0 Å². The van der Waals surface area contributed by atoms with Gasteiger partial charge in [0.15, 0.2) is 0 Å². The van der Waals surface area contributed by atoms with Crippen LogP contribution in [0.3, 0.4) is 0 Å². The molecular formula is C13H18. The maximum Gasteiger partial charge on any atom is -0.00475 e. The fraction of sp³-hybridized carbons (Fsp3) is 0.846. The standard InChI is InChI=1S/C13H18/c1-2-8-12(7-1)9-13(12,10-3-4-10)11-5-6-11/h1,7,10-11H,2-6,8-9H2. The van der Waals surface area contributed by atoms with Crippen LogP contribution < -0.4 is 0 Å². The van der Waals surface area contributed by atoms with E-state index in [-0.39, 0.29) is 0 Å². The Kier molecular flexibility index (Phi) is 1.03. The number of hydrogen-bond acceptors (Lipinski definition) is 0. The molecule has 1 atom stereocenters.